The van der Waals surface area contributed by atoms with E-state index in [1.54, 1.807) is 6.07 Å². The van der Waals surface area contributed by atoms with Crippen molar-refractivity contribution >= 4 is 16.9 Å². The zero-order chi connectivity index (χ0) is 18.4. The summed E-state index contributed by atoms with van der Waals surface area (Å²) in [5.41, 5.74) is 1.12. The van der Waals surface area contributed by atoms with E-state index in [9.17, 15) is 9.59 Å². The molecule has 2 N–H and O–H groups in total. The van der Waals surface area contributed by atoms with Crippen molar-refractivity contribution in [2.75, 3.05) is 0 Å². The van der Waals surface area contributed by atoms with Crippen molar-refractivity contribution in [3.63, 3.8) is 0 Å². The second kappa shape index (κ2) is 5.84. The van der Waals surface area contributed by atoms with E-state index in [-0.39, 0.29) is 5.69 Å². The fraction of sp³-hybridized carbons (Fsp3) is 0.0500. The number of nitrogens with one attached hydrogen (secondary N) is 2. The molecule has 0 radical (unpaired) electrons. The quantitative estimate of drug-likeness (QED) is 0.538. The lowest BCUT2D eigenvalue weighted by atomic mass is 9.95. The van der Waals surface area contributed by atoms with Gasteiger partial charge in [0.25, 0.3) is 0 Å². The topological polar surface area (TPSA) is 88.2 Å². The summed E-state index contributed by atoms with van der Waals surface area (Å²) in [5, 5.41) is 7.24. The third kappa shape index (κ3) is 2.40. The Morgan fingerprint density at radius 1 is 0.889 bits per heavy atom. The molecule has 0 saturated heterocycles. The standard InChI is InChI=1S/C20H13N3O4/c24-19-18(23(22-27-19)13-7-2-1-3-8-13)17-16-14-9-5-4-6-12(14)10-11-15(16)26-20(25)21-17/h1-11,17H,(H-,21,22,24,25)/p+1. The Hall–Kier alpha value is -3.87. The van der Waals surface area contributed by atoms with Crippen LogP contribution < -0.4 is 20.4 Å². The molecule has 3 aromatic carbocycles. The summed E-state index contributed by atoms with van der Waals surface area (Å²) >= 11 is 0. The van der Waals surface area contributed by atoms with Crippen molar-refractivity contribution in [1.29, 1.82) is 0 Å². The summed E-state index contributed by atoms with van der Waals surface area (Å²) in [6.45, 7) is 0. The lowest BCUT2D eigenvalue weighted by Gasteiger charge is -2.24. The molecule has 7 nitrogen and oxygen atoms in total. The van der Waals surface area contributed by atoms with Crippen LogP contribution in [0, 0.1) is 0 Å². The molecule has 0 saturated carbocycles. The first-order chi connectivity index (χ1) is 13.2. The van der Waals surface area contributed by atoms with E-state index < -0.39 is 17.8 Å². The first kappa shape index (κ1) is 15.4. The molecule has 0 bridgehead atoms. The molecule has 27 heavy (non-hydrogen) atoms. The number of nitrogens with zero attached hydrogens (tertiary/aromatic N) is 1. The van der Waals surface area contributed by atoms with Gasteiger partial charge in [-0.2, -0.15) is 0 Å². The van der Waals surface area contributed by atoms with E-state index in [4.69, 9.17) is 9.26 Å². The summed E-state index contributed by atoms with van der Waals surface area (Å²) < 4.78 is 11.9. The van der Waals surface area contributed by atoms with Crippen LogP contribution >= 0.6 is 0 Å². The van der Waals surface area contributed by atoms with Gasteiger partial charge in [-0.25, -0.2) is 9.59 Å². The Kier molecular flexibility index (Phi) is 3.33. The van der Waals surface area contributed by atoms with Gasteiger partial charge in [0.05, 0.1) is 0 Å². The maximum atomic E-state index is 12.6. The molecule has 0 fully saturated rings. The minimum Gasteiger partial charge on any atom is -0.410 e. The van der Waals surface area contributed by atoms with Crippen LogP contribution in [0.1, 0.15) is 17.3 Å². The van der Waals surface area contributed by atoms with Gasteiger partial charge in [0.2, 0.25) is 5.69 Å². The zero-order valence-electron chi connectivity index (χ0n) is 14.0. The van der Waals surface area contributed by atoms with Crippen LogP contribution in [0.15, 0.2) is 76.0 Å². The smallest absolute Gasteiger partial charge is 0.410 e. The second-order valence-corrected chi connectivity index (χ2v) is 6.20. The number of carbonyl (C=O) groups excluding carboxylic acids is 1. The van der Waals surface area contributed by atoms with E-state index >= 15 is 0 Å². The minimum atomic E-state index is -0.727. The average molecular weight is 360 g/mol. The predicted molar refractivity (Wildman–Crippen MR) is 95.8 cm³/mol. The number of benzene rings is 3. The van der Waals surface area contributed by atoms with Gasteiger partial charge < -0.3 is 10.1 Å². The number of rotatable bonds is 2. The summed E-state index contributed by atoms with van der Waals surface area (Å²) in [4.78, 5) is 24.7. The van der Waals surface area contributed by atoms with Crippen molar-refractivity contribution < 1.29 is 18.7 Å². The number of fused-ring (bicyclic) bond motifs is 3. The third-order valence-electron chi connectivity index (χ3n) is 4.65. The Morgan fingerprint density at radius 3 is 2.52 bits per heavy atom. The van der Waals surface area contributed by atoms with E-state index in [2.05, 4.69) is 10.6 Å². The molecule has 7 heteroatoms. The molecular formula is C20H14N3O4+. The lowest BCUT2D eigenvalue weighted by molar-refractivity contribution is -0.678. The Labute approximate surface area is 152 Å². The molecule has 0 aliphatic carbocycles. The number of carbonyl (C=O) groups is 1. The highest BCUT2D eigenvalue weighted by atomic mass is 16.6. The Balaban J connectivity index is 1.80. The predicted octanol–water partition coefficient (Wildman–Crippen LogP) is 2.59. The highest BCUT2D eigenvalue weighted by Crippen LogP contribution is 2.37. The molecule has 5 rings (SSSR count). The Morgan fingerprint density at radius 2 is 1.67 bits per heavy atom. The van der Waals surface area contributed by atoms with Crippen molar-refractivity contribution in [3.05, 3.63) is 88.4 Å². The van der Waals surface area contributed by atoms with Gasteiger partial charge in [-0.15, -0.1) is 0 Å². The fourth-order valence-corrected chi connectivity index (χ4v) is 3.48. The van der Waals surface area contributed by atoms with E-state index in [1.807, 2.05) is 60.7 Å². The first-order valence-corrected chi connectivity index (χ1v) is 8.41. The minimum absolute atomic E-state index is 0.260. The SMILES string of the molecule is O=C1NC(c2c(=O)o[nH][n+]2-c2ccccc2)c2c(ccc3ccccc23)O1. The van der Waals surface area contributed by atoms with Crippen LogP contribution in [0.4, 0.5) is 4.79 Å². The molecular weight excluding hydrogens is 346 g/mol. The second-order valence-electron chi connectivity index (χ2n) is 6.20. The van der Waals surface area contributed by atoms with Crippen LogP contribution in [0.3, 0.4) is 0 Å². The summed E-state index contributed by atoms with van der Waals surface area (Å²) in [5.74, 6) is 0.419. The number of para-hydroxylation sites is 1. The maximum absolute atomic E-state index is 12.6. The van der Waals surface area contributed by atoms with Crippen LogP contribution in [-0.2, 0) is 0 Å². The van der Waals surface area contributed by atoms with E-state index in [0.717, 1.165) is 10.8 Å². The monoisotopic (exact) mass is 360 g/mol. The van der Waals surface area contributed by atoms with Crippen LogP contribution in [-0.4, -0.2) is 11.4 Å². The first-order valence-electron chi connectivity index (χ1n) is 8.41. The molecule has 1 amide bonds. The highest BCUT2D eigenvalue weighted by molar-refractivity contribution is 5.91. The molecule has 1 aliphatic rings. The number of hydrogen-bond donors (Lipinski definition) is 2. The molecule has 1 atom stereocenters. The van der Waals surface area contributed by atoms with Gasteiger partial charge in [0, 0.05) is 17.7 Å². The van der Waals surface area contributed by atoms with Crippen LogP contribution in [0.25, 0.3) is 16.5 Å². The molecule has 2 heterocycles. The number of aromatic amines is 1. The van der Waals surface area contributed by atoms with E-state index in [1.165, 1.54) is 4.68 Å². The van der Waals surface area contributed by atoms with Gasteiger partial charge in [-0.1, -0.05) is 48.5 Å². The van der Waals surface area contributed by atoms with Gasteiger partial charge in [-0.05, 0) is 26.8 Å². The zero-order valence-corrected chi connectivity index (χ0v) is 14.0. The van der Waals surface area contributed by atoms with Gasteiger partial charge in [0.15, 0.2) is 6.04 Å². The third-order valence-corrected chi connectivity index (χ3v) is 4.65. The van der Waals surface area contributed by atoms with Crippen LogP contribution in [0.5, 0.6) is 5.75 Å². The van der Waals surface area contributed by atoms with Crippen molar-refractivity contribution in [1.82, 2.24) is 10.6 Å². The maximum Gasteiger partial charge on any atom is 0.433 e. The number of ether oxygens (including phenoxy) is 1. The molecule has 0 spiro atoms. The number of amides is 1. The number of H-pyrrole nitrogens is 1. The molecule has 1 aliphatic heterocycles. The van der Waals surface area contributed by atoms with E-state index in [0.29, 0.717) is 17.0 Å². The van der Waals surface area contributed by atoms with Crippen molar-refractivity contribution in [2.24, 2.45) is 0 Å². The van der Waals surface area contributed by atoms with Crippen molar-refractivity contribution in [3.8, 4) is 11.4 Å². The molecule has 4 aromatic rings. The van der Waals surface area contributed by atoms with Gasteiger partial charge in [0.1, 0.15) is 5.75 Å². The van der Waals surface area contributed by atoms with Gasteiger partial charge >= 0.3 is 17.4 Å². The molecule has 1 aromatic heterocycles. The Bertz CT molecular complexity index is 1230. The average Bonchev–Trinajstić information content (AvgIpc) is 3.09. The number of aromatic nitrogens is 2. The molecule has 132 valence electrons. The number of hydrogen-bond acceptors (Lipinski definition) is 4. The summed E-state index contributed by atoms with van der Waals surface area (Å²) in [7, 11) is 0. The van der Waals surface area contributed by atoms with Gasteiger partial charge in [-0.3, -0.25) is 4.52 Å². The lowest BCUT2D eigenvalue weighted by Crippen LogP contribution is -2.47. The highest BCUT2D eigenvalue weighted by Gasteiger charge is 2.40. The summed E-state index contributed by atoms with van der Waals surface area (Å²) in [6, 6.07) is 19.9. The largest absolute Gasteiger partial charge is 0.433 e. The van der Waals surface area contributed by atoms with Crippen LogP contribution in [0.2, 0.25) is 0 Å². The normalized spacial score (nSPS) is 15.9. The van der Waals surface area contributed by atoms with Crippen molar-refractivity contribution in [2.45, 2.75) is 6.04 Å². The summed E-state index contributed by atoms with van der Waals surface area (Å²) in [6.07, 6.45) is -0.622. The molecule has 1 unspecified atom stereocenters. The fourth-order valence-electron chi connectivity index (χ4n) is 3.48.